The van der Waals surface area contributed by atoms with Crippen molar-refractivity contribution in [1.82, 2.24) is 20.0 Å². The number of carbonyl (C=O) groups excluding carboxylic acids is 5. The molecule has 2 saturated heterocycles. The van der Waals surface area contributed by atoms with E-state index in [1.165, 1.54) is 0 Å². The van der Waals surface area contributed by atoms with E-state index in [1.807, 2.05) is 26.8 Å². The second-order valence-electron chi connectivity index (χ2n) is 10.9. The lowest BCUT2D eigenvalue weighted by molar-refractivity contribution is -0.136. The number of benzene rings is 1. The first-order chi connectivity index (χ1) is 17.5. The maximum Gasteiger partial charge on any atom is 0.410 e. The summed E-state index contributed by atoms with van der Waals surface area (Å²) in [5.74, 6) is -1.95. The summed E-state index contributed by atoms with van der Waals surface area (Å²) in [6.07, 6.45) is 3.56. The van der Waals surface area contributed by atoms with E-state index in [9.17, 15) is 24.0 Å². The molecule has 0 bridgehead atoms. The standard InChI is InChI=1S/C27H36N4O6/c1-27(2,3)37-26(36)30-14-6-13-29(15-16-30)12-5-4-7-18-8-9-19-20(17-18)25(35)31(24(19)34)21-10-11-22(32)28-23(21)33/h8-9,17,21H,4-7,10-16H2,1-3H3,(H,28,32,33). The molecule has 0 spiro atoms. The zero-order valence-corrected chi connectivity index (χ0v) is 21.9. The number of hydrogen-bond donors (Lipinski definition) is 1. The molecular weight excluding hydrogens is 476 g/mol. The first-order valence-corrected chi connectivity index (χ1v) is 13.1. The van der Waals surface area contributed by atoms with Crippen LogP contribution in [0.5, 0.6) is 0 Å². The van der Waals surface area contributed by atoms with Gasteiger partial charge in [0.1, 0.15) is 11.6 Å². The van der Waals surface area contributed by atoms with Gasteiger partial charge in [-0.15, -0.1) is 0 Å². The molecule has 1 aromatic carbocycles. The monoisotopic (exact) mass is 512 g/mol. The lowest BCUT2D eigenvalue weighted by atomic mass is 10.0. The highest BCUT2D eigenvalue weighted by Crippen LogP contribution is 2.28. The van der Waals surface area contributed by atoms with Crippen molar-refractivity contribution >= 4 is 29.7 Å². The number of ether oxygens (including phenoxy) is 1. The Morgan fingerprint density at radius 1 is 1.00 bits per heavy atom. The van der Waals surface area contributed by atoms with Gasteiger partial charge in [-0.05, 0) is 83.7 Å². The van der Waals surface area contributed by atoms with Gasteiger partial charge in [0.05, 0.1) is 11.1 Å². The summed E-state index contributed by atoms with van der Waals surface area (Å²) in [6.45, 7) is 9.64. The molecule has 3 aliphatic heterocycles. The van der Waals surface area contributed by atoms with E-state index < -0.39 is 29.4 Å². The molecule has 200 valence electrons. The topological polar surface area (TPSA) is 116 Å². The molecule has 0 aromatic heterocycles. The van der Waals surface area contributed by atoms with Gasteiger partial charge in [0.15, 0.2) is 0 Å². The molecule has 0 aliphatic carbocycles. The van der Waals surface area contributed by atoms with E-state index in [2.05, 4.69) is 10.2 Å². The molecule has 5 amide bonds. The van der Waals surface area contributed by atoms with Crippen LogP contribution in [0.15, 0.2) is 18.2 Å². The average molecular weight is 513 g/mol. The fourth-order valence-corrected chi connectivity index (χ4v) is 5.04. The van der Waals surface area contributed by atoms with E-state index in [4.69, 9.17) is 4.74 Å². The minimum Gasteiger partial charge on any atom is -0.444 e. The summed E-state index contributed by atoms with van der Waals surface area (Å²) >= 11 is 0. The second-order valence-corrected chi connectivity index (χ2v) is 10.9. The quantitative estimate of drug-likeness (QED) is 0.459. The first-order valence-electron chi connectivity index (χ1n) is 13.1. The van der Waals surface area contributed by atoms with Crippen LogP contribution in [0.1, 0.15) is 79.2 Å². The molecule has 37 heavy (non-hydrogen) atoms. The van der Waals surface area contributed by atoms with Crippen LogP contribution in [-0.2, 0) is 20.7 Å². The Kier molecular flexibility index (Phi) is 7.96. The Morgan fingerprint density at radius 2 is 1.76 bits per heavy atom. The summed E-state index contributed by atoms with van der Waals surface area (Å²) in [5, 5.41) is 2.21. The van der Waals surface area contributed by atoms with Crippen LogP contribution in [0, 0.1) is 0 Å². The fourth-order valence-electron chi connectivity index (χ4n) is 5.04. The zero-order chi connectivity index (χ0) is 26.7. The summed E-state index contributed by atoms with van der Waals surface area (Å²) < 4.78 is 5.50. The largest absolute Gasteiger partial charge is 0.444 e. The average Bonchev–Trinajstić information content (AvgIpc) is 2.97. The molecule has 10 nitrogen and oxygen atoms in total. The smallest absolute Gasteiger partial charge is 0.410 e. The van der Waals surface area contributed by atoms with Gasteiger partial charge in [-0.3, -0.25) is 29.4 Å². The van der Waals surface area contributed by atoms with Crippen LogP contribution in [-0.4, -0.2) is 88.8 Å². The Labute approximate surface area is 217 Å². The number of nitrogens with one attached hydrogen (secondary N) is 1. The molecule has 1 unspecified atom stereocenters. The van der Waals surface area contributed by atoms with Crippen molar-refractivity contribution < 1.29 is 28.7 Å². The van der Waals surface area contributed by atoms with E-state index in [0.29, 0.717) is 24.2 Å². The van der Waals surface area contributed by atoms with Crippen molar-refractivity contribution in [3.63, 3.8) is 0 Å². The van der Waals surface area contributed by atoms with E-state index in [0.717, 1.165) is 55.8 Å². The molecule has 1 N–H and O–H groups in total. The van der Waals surface area contributed by atoms with E-state index in [1.54, 1.807) is 17.0 Å². The number of fused-ring (bicyclic) bond motifs is 1. The third-order valence-electron chi connectivity index (χ3n) is 6.93. The van der Waals surface area contributed by atoms with Crippen molar-refractivity contribution in [2.75, 3.05) is 32.7 Å². The molecule has 0 radical (unpaired) electrons. The van der Waals surface area contributed by atoms with Gasteiger partial charge < -0.3 is 14.5 Å². The van der Waals surface area contributed by atoms with Crippen LogP contribution in [0.2, 0.25) is 0 Å². The van der Waals surface area contributed by atoms with Crippen molar-refractivity contribution in [3.05, 3.63) is 34.9 Å². The van der Waals surface area contributed by atoms with E-state index >= 15 is 0 Å². The molecule has 0 saturated carbocycles. The predicted molar refractivity (Wildman–Crippen MR) is 135 cm³/mol. The molecule has 2 fully saturated rings. The molecular formula is C27H36N4O6. The van der Waals surface area contributed by atoms with Gasteiger partial charge >= 0.3 is 6.09 Å². The Balaban J connectivity index is 1.26. The number of amides is 5. The molecule has 10 heteroatoms. The maximum atomic E-state index is 13.0. The second kappa shape index (κ2) is 11.0. The summed E-state index contributed by atoms with van der Waals surface area (Å²) in [6, 6.07) is 4.33. The molecule has 1 aromatic rings. The lowest BCUT2D eigenvalue weighted by Crippen LogP contribution is -2.54. The number of aryl methyl sites for hydroxylation is 1. The number of carbonyl (C=O) groups is 5. The highest BCUT2D eigenvalue weighted by atomic mass is 16.6. The summed E-state index contributed by atoms with van der Waals surface area (Å²) in [7, 11) is 0. The third kappa shape index (κ3) is 6.36. The van der Waals surface area contributed by atoms with Crippen molar-refractivity contribution in [2.45, 2.75) is 70.9 Å². The van der Waals surface area contributed by atoms with Crippen molar-refractivity contribution in [2.24, 2.45) is 0 Å². The summed E-state index contributed by atoms with van der Waals surface area (Å²) in [5.41, 5.74) is 1.10. The Morgan fingerprint density at radius 3 is 2.49 bits per heavy atom. The van der Waals surface area contributed by atoms with Crippen molar-refractivity contribution in [1.29, 1.82) is 0 Å². The number of hydrogen-bond acceptors (Lipinski definition) is 7. The predicted octanol–water partition coefficient (Wildman–Crippen LogP) is 2.35. The molecule has 3 aliphatic rings. The number of unbranched alkanes of at least 4 members (excludes halogenated alkanes) is 1. The normalized spacial score (nSPS) is 21.1. The highest BCUT2D eigenvalue weighted by molar-refractivity contribution is 6.23. The fraction of sp³-hybridized carbons (Fsp3) is 0.593. The number of nitrogens with zero attached hydrogens (tertiary/aromatic N) is 3. The number of rotatable bonds is 6. The first kappa shape index (κ1) is 26.8. The van der Waals surface area contributed by atoms with Gasteiger partial charge in [-0.2, -0.15) is 0 Å². The summed E-state index contributed by atoms with van der Waals surface area (Å²) in [4.78, 5) is 67.0. The van der Waals surface area contributed by atoms with Crippen LogP contribution in [0.4, 0.5) is 4.79 Å². The number of piperidine rings is 1. The zero-order valence-electron chi connectivity index (χ0n) is 21.9. The van der Waals surface area contributed by atoms with Crippen molar-refractivity contribution in [3.8, 4) is 0 Å². The van der Waals surface area contributed by atoms with Gasteiger partial charge in [0.25, 0.3) is 11.8 Å². The van der Waals surface area contributed by atoms with E-state index in [-0.39, 0.29) is 24.8 Å². The van der Waals surface area contributed by atoms with Crippen LogP contribution < -0.4 is 5.32 Å². The molecule has 4 rings (SSSR count). The maximum absolute atomic E-state index is 13.0. The van der Waals surface area contributed by atoms with Gasteiger partial charge in [-0.1, -0.05) is 6.07 Å². The molecule has 3 heterocycles. The van der Waals surface area contributed by atoms with Gasteiger partial charge in [0, 0.05) is 26.1 Å². The Hall–Kier alpha value is -3.27. The van der Waals surface area contributed by atoms with Crippen LogP contribution in [0.25, 0.3) is 0 Å². The molecule has 1 atom stereocenters. The minimum atomic E-state index is -0.951. The Bertz CT molecular complexity index is 1090. The third-order valence-corrected chi connectivity index (χ3v) is 6.93. The van der Waals surface area contributed by atoms with Crippen LogP contribution in [0.3, 0.4) is 0 Å². The SMILES string of the molecule is CC(C)(C)OC(=O)N1CCCN(CCCCc2ccc3c(c2)C(=O)N(C2CCC(=O)NC2=O)C3=O)CC1. The van der Waals surface area contributed by atoms with Crippen LogP contribution >= 0.6 is 0 Å². The number of imide groups is 2. The lowest BCUT2D eigenvalue weighted by Gasteiger charge is -2.27. The highest BCUT2D eigenvalue weighted by Gasteiger charge is 2.44. The minimum absolute atomic E-state index is 0.102. The van der Waals surface area contributed by atoms with Gasteiger partial charge in [0.2, 0.25) is 11.8 Å². The van der Waals surface area contributed by atoms with Gasteiger partial charge in [-0.25, -0.2) is 4.79 Å².